The van der Waals surface area contributed by atoms with E-state index in [2.05, 4.69) is 5.18 Å². The van der Waals surface area contributed by atoms with Gasteiger partial charge in [-0.15, -0.1) is 4.91 Å². The maximum atomic E-state index is 10.5. The van der Waals surface area contributed by atoms with Crippen molar-refractivity contribution in [2.45, 2.75) is 12.3 Å². The first-order valence-electron chi connectivity index (χ1n) is 6.40. The standard InChI is InChI=1S/C16H14N2O2/c1-20-13-7-4-11-8-15(17)16(14(11)9-13)10-2-5-12(18-19)6-3-10/h2-7,9,16-17H,8H2,1H3. The fourth-order valence-corrected chi connectivity index (χ4v) is 2.73. The summed E-state index contributed by atoms with van der Waals surface area (Å²) in [6.07, 6.45) is 0.664. The molecular formula is C16H14N2O2. The van der Waals surface area contributed by atoms with E-state index < -0.39 is 0 Å². The number of nitrogens with zero attached hydrogens (tertiary/aromatic N) is 1. The highest BCUT2D eigenvalue weighted by Gasteiger charge is 2.29. The summed E-state index contributed by atoms with van der Waals surface area (Å²) in [5, 5.41) is 11.1. The van der Waals surface area contributed by atoms with Gasteiger partial charge in [-0.05, 0) is 46.1 Å². The molecule has 1 N–H and O–H groups in total. The van der Waals surface area contributed by atoms with E-state index in [9.17, 15) is 4.91 Å². The van der Waals surface area contributed by atoms with Gasteiger partial charge >= 0.3 is 0 Å². The van der Waals surface area contributed by atoms with Crippen LogP contribution < -0.4 is 4.74 Å². The van der Waals surface area contributed by atoms with Crippen LogP contribution in [0.25, 0.3) is 0 Å². The summed E-state index contributed by atoms with van der Waals surface area (Å²) < 4.78 is 5.27. The van der Waals surface area contributed by atoms with E-state index in [-0.39, 0.29) is 5.92 Å². The Hall–Kier alpha value is -2.49. The molecule has 0 saturated heterocycles. The molecule has 0 fully saturated rings. The number of methoxy groups -OCH3 is 1. The number of hydrogen-bond acceptors (Lipinski definition) is 4. The Balaban J connectivity index is 2.05. The van der Waals surface area contributed by atoms with Gasteiger partial charge in [0.15, 0.2) is 0 Å². The summed E-state index contributed by atoms with van der Waals surface area (Å²) in [7, 11) is 1.64. The Morgan fingerprint density at radius 3 is 2.60 bits per heavy atom. The maximum Gasteiger partial charge on any atom is 0.119 e. The van der Waals surface area contributed by atoms with Crippen molar-refractivity contribution in [3.8, 4) is 5.75 Å². The van der Waals surface area contributed by atoms with E-state index in [0.717, 1.165) is 16.9 Å². The molecule has 1 atom stereocenters. The van der Waals surface area contributed by atoms with Crippen LogP contribution in [0.4, 0.5) is 5.69 Å². The molecule has 0 saturated carbocycles. The minimum Gasteiger partial charge on any atom is -0.497 e. The van der Waals surface area contributed by atoms with Crippen LogP contribution in [0.5, 0.6) is 5.75 Å². The summed E-state index contributed by atoms with van der Waals surface area (Å²) >= 11 is 0. The third-order valence-electron chi connectivity index (χ3n) is 3.73. The van der Waals surface area contributed by atoms with Gasteiger partial charge in [-0.2, -0.15) is 0 Å². The molecule has 0 bridgehead atoms. The molecular weight excluding hydrogens is 252 g/mol. The third-order valence-corrected chi connectivity index (χ3v) is 3.73. The van der Waals surface area contributed by atoms with Crippen LogP contribution in [0, 0.1) is 10.3 Å². The highest BCUT2D eigenvalue weighted by Crippen LogP contribution is 2.38. The summed E-state index contributed by atoms with van der Waals surface area (Å²) in [5.74, 6) is 0.746. The number of hydrogen-bond donors (Lipinski definition) is 1. The molecule has 0 aliphatic heterocycles. The van der Waals surface area contributed by atoms with Gasteiger partial charge < -0.3 is 10.1 Å². The Bertz CT molecular complexity index is 677. The van der Waals surface area contributed by atoms with E-state index in [1.54, 1.807) is 19.2 Å². The van der Waals surface area contributed by atoms with Gasteiger partial charge in [0.1, 0.15) is 11.4 Å². The lowest BCUT2D eigenvalue weighted by atomic mass is 9.92. The first-order chi connectivity index (χ1) is 9.72. The van der Waals surface area contributed by atoms with Crippen LogP contribution in [0.15, 0.2) is 47.6 Å². The van der Waals surface area contributed by atoms with Crippen molar-refractivity contribution in [1.29, 1.82) is 5.41 Å². The van der Waals surface area contributed by atoms with Crippen LogP contribution in [-0.4, -0.2) is 12.8 Å². The van der Waals surface area contributed by atoms with Crippen molar-refractivity contribution in [1.82, 2.24) is 0 Å². The Labute approximate surface area is 116 Å². The lowest BCUT2D eigenvalue weighted by molar-refractivity contribution is 0.414. The molecule has 1 unspecified atom stereocenters. The molecule has 20 heavy (non-hydrogen) atoms. The fourth-order valence-electron chi connectivity index (χ4n) is 2.73. The summed E-state index contributed by atoms with van der Waals surface area (Å²) in [6, 6.07) is 13.0. The highest BCUT2D eigenvalue weighted by atomic mass is 16.5. The van der Waals surface area contributed by atoms with Gasteiger partial charge in [0.25, 0.3) is 0 Å². The van der Waals surface area contributed by atoms with Crippen molar-refractivity contribution in [3.63, 3.8) is 0 Å². The first-order valence-corrected chi connectivity index (χ1v) is 6.40. The molecule has 0 amide bonds. The number of fused-ring (bicyclic) bond motifs is 1. The van der Waals surface area contributed by atoms with Crippen molar-refractivity contribution < 1.29 is 4.74 Å². The zero-order valence-electron chi connectivity index (χ0n) is 11.1. The monoisotopic (exact) mass is 266 g/mol. The molecule has 0 heterocycles. The van der Waals surface area contributed by atoms with Crippen molar-refractivity contribution in [2.75, 3.05) is 7.11 Å². The van der Waals surface area contributed by atoms with E-state index in [4.69, 9.17) is 10.1 Å². The smallest absolute Gasteiger partial charge is 0.119 e. The van der Waals surface area contributed by atoms with Crippen LogP contribution in [0.1, 0.15) is 22.6 Å². The quantitative estimate of drug-likeness (QED) is 0.859. The molecule has 100 valence electrons. The summed E-state index contributed by atoms with van der Waals surface area (Å²) in [4.78, 5) is 10.5. The molecule has 4 nitrogen and oxygen atoms in total. The molecule has 3 rings (SSSR count). The third kappa shape index (κ3) is 1.99. The lowest BCUT2D eigenvalue weighted by Crippen LogP contribution is -2.06. The summed E-state index contributed by atoms with van der Waals surface area (Å²) in [6.45, 7) is 0. The SMILES string of the molecule is COc1ccc2c(c1)C(c1ccc(N=O)cc1)C(=N)C2. The number of nitrogens with one attached hydrogen (secondary N) is 1. The van der Waals surface area contributed by atoms with Crippen LogP contribution >= 0.6 is 0 Å². The molecule has 1 aliphatic rings. The van der Waals surface area contributed by atoms with E-state index in [1.807, 2.05) is 30.3 Å². The molecule has 1 aliphatic carbocycles. The molecule has 0 spiro atoms. The minimum absolute atomic E-state index is 0.0548. The number of rotatable bonds is 3. The second-order valence-electron chi connectivity index (χ2n) is 4.88. The normalized spacial score (nSPS) is 16.9. The molecule has 0 aromatic heterocycles. The second-order valence-corrected chi connectivity index (χ2v) is 4.88. The first kappa shape index (κ1) is 12.5. The number of ether oxygens (including phenoxy) is 1. The van der Waals surface area contributed by atoms with Crippen LogP contribution in [0.3, 0.4) is 0 Å². The average Bonchev–Trinajstić information content (AvgIpc) is 2.82. The lowest BCUT2D eigenvalue weighted by Gasteiger charge is -2.13. The van der Waals surface area contributed by atoms with Gasteiger partial charge in [0, 0.05) is 18.1 Å². The largest absolute Gasteiger partial charge is 0.497 e. The van der Waals surface area contributed by atoms with Crippen LogP contribution in [0.2, 0.25) is 0 Å². The van der Waals surface area contributed by atoms with Crippen molar-refractivity contribution in [2.24, 2.45) is 5.18 Å². The topological polar surface area (TPSA) is 62.5 Å². The minimum atomic E-state index is -0.0548. The summed E-state index contributed by atoms with van der Waals surface area (Å²) in [5.41, 5.74) is 4.36. The van der Waals surface area contributed by atoms with Gasteiger partial charge in [-0.3, -0.25) is 0 Å². The average molecular weight is 266 g/mol. The molecule has 0 radical (unpaired) electrons. The highest BCUT2D eigenvalue weighted by molar-refractivity contribution is 5.97. The van der Waals surface area contributed by atoms with E-state index in [0.29, 0.717) is 17.8 Å². The molecule has 4 heteroatoms. The zero-order valence-corrected chi connectivity index (χ0v) is 11.1. The molecule has 2 aromatic rings. The van der Waals surface area contributed by atoms with Gasteiger partial charge in [-0.1, -0.05) is 18.2 Å². The predicted molar refractivity (Wildman–Crippen MR) is 78.2 cm³/mol. The van der Waals surface area contributed by atoms with Crippen molar-refractivity contribution in [3.05, 3.63) is 64.1 Å². The zero-order chi connectivity index (χ0) is 14.1. The Kier molecular flexibility index (Phi) is 3.06. The van der Waals surface area contributed by atoms with Crippen LogP contribution in [-0.2, 0) is 6.42 Å². The Morgan fingerprint density at radius 2 is 1.95 bits per heavy atom. The second kappa shape index (κ2) is 4.89. The predicted octanol–water partition coefficient (Wildman–Crippen LogP) is 3.80. The number of nitroso groups, excluding NO2 is 1. The number of benzene rings is 2. The van der Waals surface area contributed by atoms with Gasteiger partial charge in [0.05, 0.1) is 7.11 Å². The fraction of sp³-hybridized carbons (Fsp3) is 0.188. The maximum absolute atomic E-state index is 10.5. The van der Waals surface area contributed by atoms with Gasteiger partial charge in [0.2, 0.25) is 0 Å². The van der Waals surface area contributed by atoms with E-state index in [1.165, 1.54) is 5.56 Å². The van der Waals surface area contributed by atoms with Crippen molar-refractivity contribution >= 4 is 11.4 Å². The Morgan fingerprint density at radius 1 is 1.20 bits per heavy atom. The van der Waals surface area contributed by atoms with Gasteiger partial charge in [-0.25, -0.2) is 0 Å². The molecule has 2 aromatic carbocycles. The van der Waals surface area contributed by atoms with E-state index >= 15 is 0 Å².